The molecule has 16 heavy (non-hydrogen) atoms. The highest BCUT2D eigenvalue weighted by molar-refractivity contribution is 5.79. The van der Waals surface area contributed by atoms with Gasteiger partial charge in [0, 0.05) is 18.7 Å². The summed E-state index contributed by atoms with van der Waals surface area (Å²) in [5.74, 6) is 0. The van der Waals surface area contributed by atoms with Crippen molar-refractivity contribution >= 4 is 10.9 Å². The molecule has 0 fully saturated rings. The molecule has 0 saturated carbocycles. The molecule has 3 nitrogen and oxygen atoms in total. The van der Waals surface area contributed by atoms with Gasteiger partial charge < -0.3 is 9.88 Å². The first-order chi connectivity index (χ1) is 7.77. The molecule has 0 amide bonds. The molecule has 0 aliphatic rings. The van der Waals surface area contributed by atoms with Gasteiger partial charge in [-0.3, -0.25) is 4.79 Å². The van der Waals surface area contributed by atoms with Gasteiger partial charge in [0.25, 0.3) is 5.56 Å². The third-order valence-electron chi connectivity index (χ3n) is 2.76. The molecule has 3 heteroatoms. The largest absolute Gasteiger partial charge is 0.315 e. The van der Waals surface area contributed by atoms with E-state index in [9.17, 15) is 4.79 Å². The Labute approximate surface area is 94.7 Å². The molecular formula is C13H16N2O. The first-order valence-electron chi connectivity index (χ1n) is 5.54. The van der Waals surface area contributed by atoms with E-state index in [2.05, 4.69) is 5.32 Å². The Hall–Kier alpha value is -1.61. The fraction of sp³-hybridized carbons (Fsp3) is 0.308. The lowest BCUT2D eigenvalue weighted by Crippen LogP contribution is -2.25. The van der Waals surface area contributed by atoms with Gasteiger partial charge in [0.05, 0.1) is 5.52 Å². The van der Waals surface area contributed by atoms with E-state index in [1.165, 1.54) is 0 Å². The van der Waals surface area contributed by atoms with Crippen LogP contribution in [0.25, 0.3) is 10.9 Å². The monoisotopic (exact) mass is 216 g/mol. The molecule has 0 aliphatic carbocycles. The van der Waals surface area contributed by atoms with Crippen LogP contribution in [-0.2, 0) is 13.1 Å². The van der Waals surface area contributed by atoms with Gasteiger partial charge in [-0.1, -0.05) is 18.2 Å². The molecule has 2 aromatic rings. The first-order valence-corrected chi connectivity index (χ1v) is 5.54. The van der Waals surface area contributed by atoms with Crippen molar-refractivity contribution in [3.63, 3.8) is 0 Å². The molecule has 0 atom stereocenters. The second-order valence-electron chi connectivity index (χ2n) is 3.81. The Morgan fingerprint density at radius 2 is 2.06 bits per heavy atom. The van der Waals surface area contributed by atoms with E-state index < -0.39 is 0 Å². The fourth-order valence-electron chi connectivity index (χ4n) is 2.02. The molecule has 0 unspecified atom stereocenters. The van der Waals surface area contributed by atoms with Crippen molar-refractivity contribution in [1.82, 2.24) is 9.88 Å². The summed E-state index contributed by atoms with van der Waals surface area (Å²) < 4.78 is 1.82. The smallest absolute Gasteiger partial charge is 0.255 e. The zero-order valence-corrected chi connectivity index (χ0v) is 9.66. The molecule has 2 rings (SSSR count). The van der Waals surface area contributed by atoms with Crippen LogP contribution in [0, 0.1) is 0 Å². The minimum atomic E-state index is 0.107. The van der Waals surface area contributed by atoms with E-state index in [0.717, 1.165) is 16.5 Å². The predicted octanol–water partition coefficient (Wildman–Crippen LogP) is 1.74. The molecule has 0 bridgehead atoms. The number of aromatic nitrogens is 1. The molecular weight excluding hydrogens is 200 g/mol. The number of benzene rings is 1. The maximum atomic E-state index is 12.1. The van der Waals surface area contributed by atoms with Gasteiger partial charge in [-0.25, -0.2) is 0 Å². The number of nitrogens with one attached hydrogen (secondary N) is 1. The van der Waals surface area contributed by atoms with Crippen LogP contribution in [0.1, 0.15) is 12.5 Å². The lowest BCUT2D eigenvalue weighted by molar-refractivity contribution is 0.726. The number of aryl methyl sites for hydroxylation is 1. The van der Waals surface area contributed by atoms with E-state index >= 15 is 0 Å². The van der Waals surface area contributed by atoms with Crippen LogP contribution in [-0.4, -0.2) is 11.6 Å². The third kappa shape index (κ3) is 1.74. The molecule has 0 aliphatic heterocycles. The highest BCUT2D eigenvalue weighted by atomic mass is 16.1. The Bertz CT molecular complexity index is 557. The highest BCUT2D eigenvalue weighted by Gasteiger charge is 2.06. The molecule has 1 aromatic heterocycles. The van der Waals surface area contributed by atoms with Crippen LogP contribution >= 0.6 is 0 Å². The van der Waals surface area contributed by atoms with Crippen molar-refractivity contribution in [2.75, 3.05) is 7.05 Å². The van der Waals surface area contributed by atoms with Crippen molar-refractivity contribution in [1.29, 1.82) is 0 Å². The fourth-order valence-corrected chi connectivity index (χ4v) is 2.02. The summed E-state index contributed by atoms with van der Waals surface area (Å²) in [6.07, 6.45) is 0. The van der Waals surface area contributed by atoms with Gasteiger partial charge >= 0.3 is 0 Å². The second-order valence-corrected chi connectivity index (χ2v) is 3.81. The summed E-state index contributed by atoms with van der Waals surface area (Å²) in [5.41, 5.74) is 1.94. The number of rotatable bonds is 3. The summed E-state index contributed by atoms with van der Waals surface area (Å²) in [7, 11) is 1.85. The number of pyridine rings is 1. The number of para-hydroxylation sites is 1. The van der Waals surface area contributed by atoms with Crippen molar-refractivity contribution in [2.45, 2.75) is 20.0 Å². The number of nitrogens with zero attached hydrogens (tertiary/aromatic N) is 1. The van der Waals surface area contributed by atoms with Crippen LogP contribution < -0.4 is 10.9 Å². The quantitative estimate of drug-likeness (QED) is 0.848. The molecule has 1 N–H and O–H groups in total. The van der Waals surface area contributed by atoms with Gasteiger partial charge in [-0.15, -0.1) is 0 Å². The highest BCUT2D eigenvalue weighted by Crippen LogP contribution is 2.13. The lowest BCUT2D eigenvalue weighted by atomic mass is 10.1. The Kier molecular flexibility index (Phi) is 3.06. The zero-order valence-electron chi connectivity index (χ0n) is 9.66. The van der Waals surface area contributed by atoms with E-state index in [4.69, 9.17) is 0 Å². The molecule has 1 aromatic carbocycles. The topological polar surface area (TPSA) is 34.0 Å². The van der Waals surface area contributed by atoms with Crippen LogP contribution in [0.4, 0.5) is 0 Å². The number of hydrogen-bond acceptors (Lipinski definition) is 2. The average Bonchev–Trinajstić information content (AvgIpc) is 2.31. The van der Waals surface area contributed by atoms with Gasteiger partial charge in [-0.05, 0) is 31.5 Å². The maximum Gasteiger partial charge on any atom is 0.255 e. The van der Waals surface area contributed by atoms with E-state index in [0.29, 0.717) is 13.1 Å². The summed E-state index contributed by atoms with van der Waals surface area (Å²) in [6, 6.07) is 9.96. The maximum absolute atomic E-state index is 12.1. The van der Waals surface area contributed by atoms with E-state index in [1.54, 1.807) is 0 Å². The average molecular weight is 216 g/mol. The molecule has 0 radical (unpaired) electrons. The van der Waals surface area contributed by atoms with E-state index in [-0.39, 0.29) is 5.56 Å². The molecule has 84 valence electrons. The SMILES string of the molecule is CCn1c(=O)c(CNC)cc2ccccc21. The van der Waals surface area contributed by atoms with Gasteiger partial charge in [-0.2, -0.15) is 0 Å². The van der Waals surface area contributed by atoms with Crippen LogP contribution in [0.5, 0.6) is 0 Å². The summed E-state index contributed by atoms with van der Waals surface area (Å²) in [4.78, 5) is 12.1. The number of hydrogen-bond donors (Lipinski definition) is 1. The van der Waals surface area contributed by atoms with Crippen molar-refractivity contribution in [2.24, 2.45) is 0 Å². The Morgan fingerprint density at radius 3 is 2.75 bits per heavy atom. The normalized spacial score (nSPS) is 10.9. The van der Waals surface area contributed by atoms with Crippen molar-refractivity contribution in [3.05, 3.63) is 46.2 Å². The molecule has 0 saturated heterocycles. The second kappa shape index (κ2) is 4.49. The third-order valence-corrected chi connectivity index (χ3v) is 2.76. The lowest BCUT2D eigenvalue weighted by Gasteiger charge is -2.10. The van der Waals surface area contributed by atoms with Gasteiger partial charge in [0.1, 0.15) is 0 Å². The van der Waals surface area contributed by atoms with Crippen molar-refractivity contribution < 1.29 is 0 Å². The van der Waals surface area contributed by atoms with Crippen LogP contribution in [0.15, 0.2) is 35.1 Å². The Morgan fingerprint density at radius 1 is 1.31 bits per heavy atom. The predicted molar refractivity (Wildman–Crippen MR) is 66.6 cm³/mol. The molecule has 1 heterocycles. The van der Waals surface area contributed by atoms with Crippen LogP contribution in [0.3, 0.4) is 0 Å². The Balaban J connectivity index is 2.77. The first kappa shape index (κ1) is 10.9. The molecule has 0 spiro atoms. The minimum Gasteiger partial charge on any atom is -0.315 e. The summed E-state index contributed by atoms with van der Waals surface area (Å²) in [5, 5.41) is 4.15. The van der Waals surface area contributed by atoms with Gasteiger partial charge in [0.15, 0.2) is 0 Å². The summed E-state index contributed by atoms with van der Waals surface area (Å²) >= 11 is 0. The summed E-state index contributed by atoms with van der Waals surface area (Å²) in [6.45, 7) is 3.32. The standard InChI is InChI=1S/C13H16N2O/c1-3-15-12-7-5-4-6-10(12)8-11(9-14-2)13(15)16/h4-8,14H,3,9H2,1-2H3. The van der Waals surface area contributed by atoms with E-state index in [1.807, 2.05) is 48.9 Å². The minimum absolute atomic E-state index is 0.107. The van der Waals surface area contributed by atoms with Crippen LogP contribution in [0.2, 0.25) is 0 Å². The van der Waals surface area contributed by atoms with Gasteiger partial charge in [0.2, 0.25) is 0 Å². The number of fused-ring (bicyclic) bond motifs is 1. The zero-order chi connectivity index (χ0) is 11.5. The van der Waals surface area contributed by atoms with Crippen molar-refractivity contribution in [3.8, 4) is 0 Å².